The smallest absolute Gasteiger partial charge is 0.262 e. The van der Waals surface area contributed by atoms with E-state index in [0.717, 1.165) is 16.6 Å². The Hall–Kier alpha value is -2.12. The summed E-state index contributed by atoms with van der Waals surface area (Å²) < 4.78 is 2.49. The van der Waals surface area contributed by atoms with Crippen LogP contribution in [0, 0.1) is 0 Å². The molecule has 4 rings (SSSR count). The first-order chi connectivity index (χ1) is 13.5. The molecule has 1 aliphatic heterocycles. The van der Waals surface area contributed by atoms with Gasteiger partial charge in [-0.1, -0.05) is 45.9 Å². The Kier molecular flexibility index (Phi) is 5.29. The second-order valence-electron chi connectivity index (χ2n) is 6.73. The molecule has 1 aromatic heterocycles. The van der Waals surface area contributed by atoms with Gasteiger partial charge in [0, 0.05) is 23.2 Å². The zero-order chi connectivity index (χ0) is 19.8. The van der Waals surface area contributed by atoms with Gasteiger partial charge < -0.3 is 4.90 Å². The largest absolute Gasteiger partial charge is 0.311 e. The molecule has 0 bridgehead atoms. The van der Waals surface area contributed by atoms with E-state index < -0.39 is 0 Å². The zero-order valence-electron chi connectivity index (χ0n) is 15.7. The molecule has 2 aromatic carbocycles. The molecule has 1 aliphatic rings. The van der Waals surface area contributed by atoms with Crippen molar-refractivity contribution in [2.24, 2.45) is 0 Å². The van der Waals surface area contributed by atoms with Crippen molar-refractivity contribution in [1.82, 2.24) is 9.55 Å². The highest BCUT2D eigenvalue weighted by atomic mass is 79.9. The van der Waals surface area contributed by atoms with E-state index in [4.69, 9.17) is 0 Å². The number of carbonyl (C=O) groups excluding carboxylic acids is 1. The van der Waals surface area contributed by atoms with Crippen molar-refractivity contribution in [3.8, 4) is 0 Å². The summed E-state index contributed by atoms with van der Waals surface area (Å²) in [6, 6.07) is 13.5. The molecule has 0 radical (unpaired) electrons. The quantitative estimate of drug-likeness (QED) is 0.434. The maximum absolute atomic E-state index is 13.1. The lowest BCUT2D eigenvalue weighted by atomic mass is 10.2. The fourth-order valence-electron chi connectivity index (χ4n) is 3.54. The van der Waals surface area contributed by atoms with Gasteiger partial charge in [0.05, 0.1) is 16.2 Å². The van der Waals surface area contributed by atoms with Crippen molar-refractivity contribution >= 4 is 50.2 Å². The van der Waals surface area contributed by atoms with Crippen molar-refractivity contribution in [1.29, 1.82) is 0 Å². The molecule has 0 spiro atoms. The van der Waals surface area contributed by atoms with E-state index in [1.165, 1.54) is 17.3 Å². The third kappa shape index (κ3) is 3.37. The van der Waals surface area contributed by atoms with E-state index >= 15 is 0 Å². The standard InChI is InChI=1S/C21H20BrN3O2S/c1-3-24-20(27)16-12-15(22)8-9-17(16)23-21(24)28-13(2)19(26)25-11-10-14-6-4-5-7-18(14)25/h4-9,12-13H,3,10-11H2,1-2H3. The Labute approximate surface area is 175 Å². The molecule has 2 heterocycles. The van der Waals surface area contributed by atoms with E-state index in [1.807, 2.05) is 49.1 Å². The van der Waals surface area contributed by atoms with Crippen LogP contribution >= 0.6 is 27.7 Å². The summed E-state index contributed by atoms with van der Waals surface area (Å²) in [5.41, 5.74) is 2.76. The predicted octanol–water partition coefficient (Wildman–Crippen LogP) is 4.25. The van der Waals surface area contributed by atoms with Crippen molar-refractivity contribution < 1.29 is 4.79 Å². The maximum Gasteiger partial charge on any atom is 0.262 e. The monoisotopic (exact) mass is 457 g/mol. The van der Waals surface area contributed by atoms with Gasteiger partial charge in [-0.3, -0.25) is 14.2 Å². The van der Waals surface area contributed by atoms with Gasteiger partial charge in [0.1, 0.15) is 0 Å². The first-order valence-electron chi connectivity index (χ1n) is 9.25. The topological polar surface area (TPSA) is 55.2 Å². The molecular formula is C21H20BrN3O2S. The molecule has 1 unspecified atom stereocenters. The van der Waals surface area contributed by atoms with Crippen LogP contribution in [0.5, 0.6) is 0 Å². The van der Waals surface area contributed by atoms with Gasteiger partial charge >= 0.3 is 0 Å². The van der Waals surface area contributed by atoms with Crippen LogP contribution in [-0.2, 0) is 17.8 Å². The molecule has 28 heavy (non-hydrogen) atoms. The minimum atomic E-state index is -0.344. The van der Waals surface area contributed by atoms with E-state index in [2.05, 4.69) is 27.0 Å². The van der Waals surface area contributed by atoms with Crippen molar-refractivity contribution in [2.45, 2.75) is 37.2 Å². The fourth-order valence-corrected chi connectivity index (χ4v) is 4.93. The molecule has 1 amide bonds. The molecular weight excluding hydrogens is 438 g/mol. The maximum atomic E-state index is 13.1. The SMILES string of the molecule is CCn1c(SC(C)C(=O)N2CCc3ccccc32)nc2ccc(Br)cc2c1=O. The molecule has 0 saturated heterocycles. The number of halogens is 1. The molecule has 144 valence electrons. The number of thioether (sulfide) groups is 1. The van der Waals surface area contributed by atoms with Gasteiger partial charge in [-0.15, -0.1) is 0 Å². The lowest BCUT2D eigenvalue weighted by molar-refractivity contribution is -0.117. The van der Waals surface area contributed by atoms with Gasteiger partial charge in [0.2, 0.25) is 5.91 Å². The number of hydrogen-bond donors (Lipinski definition) is 0. The van der Waals surface area contributed by atoms with E-state index in [-0.39, 0.29) is 16.7 Å². The highest BCUT2D eigenvalue weighted by molar-refractivity contribution is 9.10. The van der Waals surface area contributed by atoms with E-state index in [9.17, 15) is 9.59 Å². The van der Waals surface area contributed by atoms with E-state index in [0.29, 0.717) is 29.1 Å². The normalized spacial score (nSPS) is 14.3. The van der Waals surface area contributed by atoms with Crippen LogP contribution in [0.3, 0.4) is 0 Å². The number of anilines is 1. The minimum absolute atomic E-state index is 0.0442. The Balaban J connectivity index is 1.65. The van der Waals surface area contributed by atoms with Crippen LogP contribution in [0.4, 0.5) is 5.69 Å². The van der Waals surface area contributed by atoms with Crippen LogP contribution in [0.25, 0.3) is 10.9 Å². The Morgan fingerprint density at radius 1 is 1.29 bits per heavy atom. The Bertz CT molecular complexity index is 1130. The van der Waals surface area contributed by atoms with Gasteiger partial charge in [-0.05, 0) is 50.1 Å². The van der Waals surface area contributed by atoms with Gasteiger partial charge in [-0.2, -0.15) is 0 Å². The predicted molar refractivity (Wildman–Crippen MR) is 117 cm³/mol. The number of aromatic nitrogens is 2. The zero-order valence-corrected chi connectivity index (χ0v) is 18.1. The number of hydrogen-bond acceptors (Lipinski definition) is 4. The summed E-state index contributed by atoms with van der Waals surface area (Å²) in [6.07, 6.45) is 0.877. The first-order valence-corrected chi connectivity index (χ1v) is 10.9. The summed E-state index contributed by atoms with van der Waals surface area (Å²) in [4.78, 5) is 32.5. The van der Waals surface area contributed by atoms with Gasteiger partial charge in [-0.25, -0.2) is 4.98 Å². The third-order valence-electron chi connectivity index (χ3n) is 4.98. The lowest BCUT2D eigenvalue weighted by Crippen LogP contribution is -2.35. The molecule has 0 aliphatic carbocycles. The number of carbonyl (C=O) groups is 1. The fraction of sp³-hybridized carbons (Fsp3) is 0.286. The van der Waals surface area contributed by atoms with Crippen molar-refractivity contribution in [3.05, 3.63) is 62.9 Å². The molecule has 0 saturated carbocycles. The van der Waals surface area contributed by atoms with Crippen LogP contribution < -0.4 is 10.5 Å². The molecule has 3 aromatic rings. The molecule has 5 nitrogen and oxygen atoms in total. The van der Waals surface area contributed by atoms with Gasteiger partial charge in [0.15, 0.2) is 5.16 Å². The number of fused-ring (bicyclic) bond motifs is 2. The second-order valence-corrected chi connectivity index (χ2v) is 8.96. The number of nitrogens with zero attached hydrogens (tertiary/aromatic N) is 3. The van der Waals surface area contributed by atoms with Crippen LogP contribution in [-0.4, -0.2) is 27.3 Å². The van der Waals surface area contributed by atoms with E-state index in [1.54, 1.807) is 10.6 Å². The third-order valence-corrected chi connectivity index (χ3v) is 6.55. The molecule has 0 fully saturated rings. The van der Waals surface area contributed by atoms with Gasteiger partial charge in [0.25, 0.3) is 5.56 Å². The Morgan fingerprint density at radius 2 is 2.07 bits per heavy atom. The number of benzene rings is 2. The second kappa shape index (κ2) is 7.72. The summed E-state index contributed by atoms with van der Waals surface area (Å²) in [7, 11) is 0. The average molecular weight is 458 g/mol. The number of para-hydroxylation sites is 1. The Morgan fingerprint density at radius 3 is 2.86 bits per heavy atom. The highest BCUT2D eigenvalue weighted by Gasteiger charge is 2.29. The summed E-state index contributed by atoms with van der Waals surface area (Å²) >= 11 is 4.76. The summed E-state index contributed by atoms with van der Waals surface area (Å²) in [5, 5.41) is 0.812. The number of amides is 1. The molecule has 7 heteroatoms. The van der Waals surface area contributed by atoms with Crippen molar-refractivity contribution in [3.63, 3.8) is 0 Å². The minimum Gasteiger partial charge on any atom is -0.311 e. The summed E-state index contributed by atoms with van der Waals surface area (Å²) in [6.45, 7) is 5.00. The highest BCUT2D eigenvalue weighted by Crippen LogP contribution is 2.31. The van der Waals surface area contributed by atoms with Crippen LogP contribution in [0.2, 0.25) is 0 Å². The lowest BCUT2D eigenvalue weighted by Gasteiger charge is -2.22. The first kappa shape index (κ1) is 19.2. The molecule has 0 N–H and O–H groups in total. The van der Waals surface area contributed by atoms with Crippen LogP contribution in [0.15, 0.2) is 56.9 Å². The summed E-state index contributed by atoms with van der Waals surface area (Å²) in [5.74, 6) is 0.0442. The van der Waals surface area contributed by atoms with Crippen LogP contribution in [0.1, 0.15) is 19.4 Å². The molecule has 1 atom stereocenters. The number of rotatable bonds is 4. The van der Waals surface area contributed by atoms with Crippen molar-refractivity contribution in [2.75, 3.05) is 11.4 Å². The average Bonchev–Trinajstić information content (AvgIpc) is 3.12.